The molecule has 3 nitrogen and oxygen atoms in total. The van der Waals surface area contributed by atoms with Gasteiger partial charge < -0.3 is 0 Å². The number of halogens is 3. The Kier molecular flexibility index (Phi) is 3.82. The minimum atomic E-state index is -1.52. The average Bonchev–Trinajstić information content (AvgIpc) is 2.40. The van der Waals surface area contributed by atoms with Crippen LogP contribution in [0, 0.1) is 24.4 Å². The molecule has 0 aliphatic heterocycles. The van der Waals surface area contributed by atoms with Crippen LogP contribution in [0.4, 0.5) is 13.2 Å². The van der Waals surface area contributed by atoms with E-state index in [9.17, 15) is 13.2 Å². The van der Waals surface area contributed by atoms with Crippen LogP contribution in [-0.2, 0) is 0 Å². The zero-order chi connectivity index (χ0) is 14.0. The highest BCUT2D eigenvalue weighted by molar-refractivity contribution is 5.31. The van der Waals surface area contributed by atoms with Gasteiger partial charge in [0, 0.05) is 11.8 Å². The molecule has 2 aromatic rings. The molecule has 0 bridgehead atoms. The van der Waals surface area contributed by atoms with Gasteiger partial charge in [0.05, 0.1) is 11.7 Å². The Morgan fingerprint density at radius 2 is 1.89 bits per heavy atom. The molecule has 3 N–H and O–H groups in total. The van der Waals surface area contributed by atoms with Gasteiger partial charge in [-0.2, -0.15) is 0 Å². The Bertz CT molecular complexity index is 602. The van der Waals surface area contributed by atoms with Crippen LogP contribution in [0.15, 0.2) is 30.5 Å². The van der Waals surface area contributed by atoms with Crippen LogP contribution in [0.25, 0.3) is 0 Å². The van der Waals surface area contributed by atoms with Gasteiger partial charge in [-0.05, 0) is 30.7 Å². The number of hydrazine groups is 1. The van der Waals surface area contributed by atoms with E-state index in [-0.39, 0.29) is 5.56 Å². The highest BCUT2D eigenvalue weighted by Gasteiger charge is 2.22. The molecule has 1 aromatic heterocycles. The number of nitrogens with zero attached hydrogens (tertiary/aromatic N) is 1. The van der Waals surface area contributed by atoms with Crippen LogP contribution in [0.1, 0.15) is 22.9 Å². The number of aromatic nitrogens is 1. The number of hydrogen-bond acceptors (Lipinski definition) is 3. The standard InChI is InChI=1S/C13H12F3N3/c1-7-4-5-18-10(6-7)13(19-17)8-2-3-9(14)12(16)11(8)15/h2-6,13,19H,17H2,1H3. The summed E-state index contributed by atoms with van der Waals surface area (Å²) in [6.45, 7) is 1.83. The topological polar surface area (TPSA) is 50.9 Å². The Hall–Kier alpha value is -1.92. The number of nitrogens with two attached hydrogens (primary N) is 1. The van der Waals surface area contributed by atoms with Crippen molar-refractivity contribution in [2.75, 3.05) is 0 Å². The SMILES string of the molecule is Cc1ccnc(C(NN)c2ccc(F)c(F)c2F)c1. The summed E-state index contributed by atoms with van der Waals surface area (Å²) in [4.78, 5) is 4.05. The lowest BCUT2D eigenvalue weighted by Crippen LogP contribution is -2.30. The van der Waals surface area contributed by atoms with E-state index in [0.717, 1.165) is 17.7 Å². The molecule has 19 heavy (non-hydrogen) atoms. The van der Waals surface area contributed by atoms with Crippen molar-refractivity contribution in [3.63, 3.8) is 0 Å². The van der Waals surface area contributed by atoms with Crippen LogP contribution in [0.3, 0.4) is 0 Å². The number of rotatable bonds is 3. The normalized spacial score (nSPS) is 12.5. The lowest BCUT2D eigenvalue weighted by atomic mass is 10.0. The molecule has 0 saturated carbocycles. The van der Waals surface area contributed by atoms with Crippen molar-refractivity contribution in [3.8, 4) is 0 Å². The third-order valence-corrected chi connectivity index (χ3v) is 2.78. The van der Waals surface area contributed by atoms with E-state index in [1.165, 1.54) is 6.20 Å². The molecular formula is C13H12F3N3. The number of aryl methyl sites for hydroxylation is 1. The van der Waals surface area contributed by atoms with Crippen LogP contribution in [0.2, 0.25) is 0 Å². The van der Waals surface area contributed by atoms with E-state index >= 15 is 0 Å². The Morgan fingerprint density at radius 3 is 2.53 bits per heavy atom. The number of pyridine rings is 1. The minimum absolute atomic E-state index is 0.0977. The van der Waals surface area contributed by atoms with Crippen LogP contribution in [0.5, 0.6) is 0 Å². The Morgan fingerprint density at radius 1 is 1.16 bits per heavy atom. The third-order valence-electron chi connectivity index (χ3n) is 2.78. The maximum Gasteiger partial charge on any atom is 0.194 e. The molecule has 1 aromatic carbocycles. The fraction of sp³-hybridized carbons (Fsp3) is 0.154. The molecule has 0 fully saturated rings. The lowest BCUT2D eigenvalue weighted by molar-refractivity contribution is 0.432. The highest BCUT2D eigenvalue weighted by atomic mass is 19.2. The molecule has 0 amide bonds. The van der Waals surface area contributed by atoms with Crippen molar-refractivity contribution >= 4 is 0 Å². The molecule has 1 heterocycles. The van der Waals surface area contributed by atoms with Crippen LogP contribution >= 0.6 is 0 Å². The zero-order valence-electron chi connectivity index (χ0n) is 10.1. The molecule has 0 saturated heterocycles. The van der Waals surface area contributed by atoms with Gasteiger partial charge in [-0.15, -0.1) is 0 Å². The van der Waals surface area contributed by atoms with Gasteiger partial charge in [0.15, 0.2) is 17.5 Å². The molecule has 0 spiro atoms. The van der Waals surface area contributed by atoms with Gasteiger partial charge in [0.25, 0.3) is 0 Å². The molecule has 2 rings (SSSR count). The molecule has 0 aliphatic carbocycles. The van der Waals surface area contributed by atoms with Crippen molar-refractivity contribution in [1.29, 1.82) is 0 Å². The lowest BCUT2D eigenvalue weighted by Gasteiger charge is -2.17. The summed E-state index contributed by atoms with van der Waals surface area (Å²) < 4.78 is 39.9. The van der Waals surface area contributed by atoms with Crippen LogP contribution in [-0.4, -0.2) is 4.98 Å². The summed E-state index contributed by atoms with van der Waals surface area (Å²) in [5.74, 6) is 1.33. The van der Waals surface area contributed by atoms with Crippen molar-refractivity contribution in [2.24, 2.45) is 5.84 Å². The smallest absolute Gasteiger partial charge is 0.194 e. The number of nitrogens with one attached hydrogen (secondary N) is 1. The second-order valence-corrected chi connectivity index (χ2v) is 4.12. The predicted molar refractivity (Wildman–Crippen MR) is 64.5 cm³/mol. The first-order valence-corrected chi connectivity index (χ1v) is 5.56. The first-order chi connectivity index (χ1) is 9.04. The van der Waals surface area contributed by atoms with E-state index in [0.29, 0.717) is 5.69 Å². The van der Waals surface area contributed by atoms with Gasteiger partial charge in [-0.1, -0.05) is 6.07 Å². The van der Waals surface area contributed by atoms with E-state index < -0.39 is 23.5 Å². The van der Waals surface area contributed by atoms with E-state index in [1.54, 1.807) is 12.1 Å². The zero-order valence-corrected chi connectivity index (χ0v) is 10.1. The van der Waals surface area contributed by atoms with Gasteiger partial charge in [0.2, 0.25) is 0 Å². The first kappa shape index (κ1) is 13.5. The predicted octanol–water partition coefficient (Wildman–Crippen LogP) is 2.36. The van der Waals surface area contributed by atoms with E-state index in [4.69, 9.17) is 5.84 Å². The summed E-state index contributed by atoms with van der Waals surface area (Å²) >= 11 is 0. The van der Waals surface area contributed by atoms with Crippen molar-refractivity contribution < 1.29 is 13.2 Å². The summed E-state index contributed by atoms with van der Waals surface area (Å²) in [5, 5.41) is 0. The van der Waals surface area contributed by atoms with E-state index in [1.807, 2.05) is 6.92 Å². The highest BCUT2D eigenvalue weighted by Crippen LogP contribution is 2.25. The summed E-state index contributed by atoms with van der Waals surface area (Å²) in [5.41, 5.74) is 3.58. The number of benzene rings is 1. The largest absolute Gasteiger partial charge is 0.271 e. The Balaban J connectivity index is 2.51. The molecule has 0 aliphatic rings. The summed E-state index contributed by atoms with van der Waals surface area (Å²) in [6.07, 6.45) is 1.53. The average molecular weight is 267 g/mol. The third kappa shape index (κ3) is 2.59. The fourth-order valence-corrected chi connectivity index (χ4v) is 1.82. The maximum absolute atomic E-state index is 13.7. The minimum Gasteiger partial charge on any atom is -0.271 e. The second-order valence-electron chi connectivity index (χ2n) is 4.12. The summed E-state index contributed by atoms with van der Waals surface area (Å²) in [7, 11) is 0. The molecule has 1 unspecified atom stereocenters. The molecule has 1 atom stereocenters. The van der Waals surface area contributed by atoms with E-state index in [2.05, 4.69) is 10.4 Å². The second kappa shape index (κ2) is 5.38. The first-order valence-electron chi connectivity index (χ1n) is 5.56. The maximum atomic E-state index is 13.7. The van der Waals surface area contributed by atoms with Gasteiger partial charge in [-0.3, -0.25) is 10.8 Å². The molecule has 100 valence electrons. The monoisotopic (exact) mass is 267 g/mol. The van der Waals surface area contributed by atoms with Gasteiger partial charge in [-0.25, -0.2) is 18.6 Å². The van der Waals surface area contributed by atoms with Crippen molar-refractivity contribution in [2.45, 2.75) is 13.0 Å². The van der Waals surface area contributed by atoms with Crippen LogP contribution < -0.4 is 11.3 Å². The number of hydrogen-bond donors (Lipinski definition) is 2. The fourth-order valence-electron chi connectivity index (χ4n) is 1.82. The summed E-state index contributed by atoms with van der Waals surface area (Å²) in [6, 6.07) is 4.59. The van der Waals surface area contributed by atoms with Gasteiger partial charge in [0.1, 0.15) is 0 Å². The molecule has 0 radical (unpaired) electrons. The molecule has 6 heteroatoms. The molecular weight excluding hydrogens is 255 g/mol. The van der Waals surface area contributed by atoms with Crippen molar-refractivity contribution in [3.05, 3.63) is 64.7 Å². The van der Waals surface area contributed by atoms with Gasteiger partial charge >= 0.3 is 0 Å². The Labute approximate surface area is 108 Å². The van der Waals surface area contributed by atoms with Crippen molar-refractivity contribution in [1.82, 2.24) is 10.4 Å². The quantitative estimate of drug-likeness (QED) is 0.510.